The molecule has 3 N–H and O–H groups in total. The Labute approximate surface area is 221 Å². The fraction of sp³-hybridized carbons (Fsp3) is 0.346. The summed E-state index contributed by atoms with van der Waals surface area (Å²) in [5.41, 5.74) is 2.32. The molecule has 4 rings (SSSR count). The van der Waals surface area contributed by atoms with Gasteiger partial charge in [0.05, 0.1) is 11.3 Å². The van der Waals surface area contributed by atoms with Crippen LogP contribution in [-0.2, 0) is 10.0 Å². The van der Waals surface area contributed by atoms with Crippen molar-refractivity contribution in [3.63, 3.8) is 0 Å². The van der Waals surface area contributed by atoms with Gasteiger partial charge in [-0.2, -0.15) is 0 Å². The van der Waals surface area contributed by atoms with Gasteiger partial charge in [-0.25, -0.2) is 8.42 Å². The first-order valence-electron chi connectivity index (χ1n) is 12.0. The molecule has 11 heteroatoms. The summed E-state index contributed by atoms with van der Waals surface area (Å²) in [6, 6.07) is 11.5. The average Bonchev–Trinajstić information content (AvgIpc) is 3.23. The molecule has 0 saturated heterocycles. The Hall–Kier alpha value is -3.37. The number of aromatic amines is 1. The van der Waals surface area contributed by atoms with E-state index in [-0.39, 0.29) is 29.7 Å². The van der Waals surface area contributed by atoms with Gasteiger partial charge in [-0.1, -0.05) is 42.6 Å². The Balaban J connectivity index is 1.45. The molecule has 9 nitrogen and oxygen atoms in total. The van der Waals surface area contributed by atoms with Crippen LogP contribution in [0.25, 0.3) is 10.9 Å². The number of rotatable bonds is 6. The molecule has 1 aromatic heterocycles. The zero-order valence-electron chi connectivity index (χ0n) is 20.9. The van der Waals surface area contributed by atoms with Gasteiger partial charge in [0, 0.05) is 60.0 Å². The van der Waals surface area contributed by atoms with Gasteiger partial charge in [0.1, 0.15) is 5.84 Å². The van der Waals surface area contributed by atoms with E-state index in [4.69, 9.17) is 11.6 Å². The Morgan fingerprint density at radius 2 is 1.49 bits per heavy atom. The average molecular weight is 544 g/mol. The molecule has 0 spiro atoms. The summed E-state index contributed by atoms with van der Waals surface area (Å²) in [5, 5.41) is 7.62. The van der Waals surface area contributed by atoms with Crippen molar-refractivity contribution in [1.29, 1.82) is 0 Å². The molecule has 2 amide bonds. The van der Waals surface area contributed by atoms with Crippen LogP contribution in [-0.4, -0.2) is 68.4 Å². The number of hydrogen-bond donors (Lipinski definition) is 3. The first-order chi connectivity index (χ1) is 17.5. The summed E-state index contributed by atoms with van der Waals surface area (Å²) in [6.07, 6.45) is 6.16. The van der Waals surface area contributed by atoms with Crippen molar-refractivity contribution in [3.05, 3.63) is 70.4 Å². The summed E-state index contributed by atoms with van der Waals surface area (Å²) in [6.45, 7) is 0. The molecular weight excluding hydrogens is 514 g/mol. The largest absolute Gasteiger partial charge is 0.362 e. The standard InChI is InChI=1S/C26H30ClN5O4S/c1-32(2)24(31-37(3,35)36)16-8-10-17(11-9-16)25(33)29-21-6-4-5-7-22(21)30-26(34)18-12-13-19-20(27)15-28-23(19)14-18/h8-15,21-22,28H,4-7H2,1-3H3,(H,29,33)(H,30,34)/t21-,22?/m0/s1. The van der Waals surface area contributed by atoms with Gasteiger partial charge in [0.2, 0.25) is 0 Å². The van der Waals surface area contributed by atoms with Crippen molar-refractivity contribution >= 4 is 50.2 Å². The Bertz CT molecular complexity index is 1450. The maximum Gasteiger partial charge on any atom is 0.252 e. The Morgan fingerprint density at radius 1 is 0.946 bits per heavy atom. The molecule has 1 fully saturated rings. The van der Waals surface area contributed by atoms with Crippen LogP contribution in [0.5, 0.6) is 0 Å². The summed E-state index contributed by atoms with van der Waals surface area (Å²) >= 11 is 6.14. The summed E-state index contributed by atoms with van der Waals surface area (Å²) in [5.74, 6) is -0.180. The molecule has 1 unspecified atom stereocenters. The lowest BCUT2D eigenvalue weighted by atomic mass is 9.89. The van der Waals surface area contributed by atoms with Crippen molar-refractivity contribution in [2.45, 2.75) is 37.8 Å². The molecule has 1 aliphatic carbocycles. The van der Waals surface area contributed by atoms with Crippen LogP contribution in [0.15, 0.2) is 53.1 Å². The van der Waals surface area contributed by atoms with Crippen molar-refractivity contribution in [2.75, 3.05) is 20.4 Å². The number of amides is 2. The van der Waals surface area contributed by atoms with Crippen LogP contribution in [0.2, 0.25) is 5.02 Å². The third kappa shape index (κ3) is 6.50. The molecule has 2 atom stereocenters. The number of nitrogens with zero attached hydrogens (tertiary/aromatic N) is 2. The number of H-pyrrole nitrogens is 1. The predicted octanol–water partition coefficient (Wildman–Crippen LogP) is 3.56. The van der Waals surface area contributed by atoms with Crippen LogP contribution in [0.4, 0.5) is 0 Å². The molecule has 3 aromatic rings. The number of halogens is 1. The molecular formula is C26H30ClN5O4S. The van der Waals surface area contributed by atoms with E-state index in [1.165, 1.54) is 0 Å². The van der Waals surface area contributed by atoms with E-state index >= 15 is 0 Å². The first-order valence-corrected chi connectivity index (χ1v) is 14.2. The van der Waals surface area contributed by atoms with Crippen molar-refractivity contribution in [1.82, 2.24) is 20.5 Å². The van der Waals surface area contributed by atoms with Gasteiger partial charge in [-0.05, 0) is 37.1 Å². The van der Waals surface area contributed by atoms with Crippen LogP contribution >= 0.6 is 11.6 Å². The van der Waals surface area contributed by atoms with Crippen molar-refractivity contribution in [3.8, 4) is 0 Å². The van der Waals surface area contributed by atoms with Crippen LogP contribution in [0.3, 0.4) is 0 Å². The molecule has 196 valence electrons. The maximum atomic E-state index is 13.0. The van der Waals surface area contributed by atoms with Gasteiger partial charge in [0.15, 0.2) is 0 Å². The van der Waals surface area contributed by atoms with E-state index in [1.807, 2.05) is 6.07 Å². The smallest absolute Gasteiger partial charge is 0.252 e. The molecule has 0 bridgehead atoms. The number of fused-ring (bicyclic) bond motifs is 1. The minimum Gasteiger partial charge on any atom is -0.362 e. The molecule has 0 aliphatic heterocycles. The summed E-state index contributed by atoms with van der Waals surface area (Å²) in [4.78, 5) is 30.7. The van der Waals surface area contributed by atoms with Crippen LogP contribution < -0.4 is 10.6 Å². The van der Waals surface area contributed by atoms with Gasteiger partial charge in [-0.15, -0.1) is 4.40 Å². The fourth-order valence-corrected chi connectivity index (χ4v) is 5.33. The van der Waals surface area contributed by atoms with Crippen LogP contribution in [0.1, 0.15) is 52.0 Å². The van der Waals surface area contributed by atoms with Crippen molar-refractivity contribution in [2.24, 2.45) is 4.40 Å². The van der Waals surface area contributed by atoms with E-state index in [0.29, 0.717) is 21.7 Å². The van der Waals surface area contributed by atoms with E-state index in [9.17, 15) is 18.0 Å². The lowest BCUT2D eigenvalue weighted by Crippen LogP contribution is -2.53. The molecule has 37 heavy (non-hydrogen) atoms. The topological polar surface area (TPSA) is 124 Å². The summed E-state index contributed by atoms with van der Waals surface area (Å²) in [7, 11) is -0.180. The van der Waals surface area contributed by atoms with Gasteiger partial charge >= 0.3 is 0 Å². The number of hydrogen-bond acceptors (Lipinski definition) is 4. The monoisotopic (exact) mass is 543 g/mol. The van der Waals surface area contributed by atoms with Gasteiger partial charge in [0.25, 0.3) is 21.8 Å². The van der Waals surface area contributed by atoms with Crippen LogP contribution in [0, 0.1) is 0 Å². The molecule has 1 saturated carbocycles. The lowest BCUT2D eigenvalue weighted by molar-refractivity contribution is 0.0863. The second kappa shape index (κ2) is 10.9. The van der Waals surface area contributed by atoms with Crippen molar-refractivity contribution < 1.29 is 18.0 Å². The number of aromatic nitrogens is 1. The normalized spacial score (nSPS) is 18.4. The number of benzene rings is 2. The Kier molecular flexibility index (Phi) is 7.89. The number of carbonyl (C=O) groups excluding carboxylic acids is 2. The highest BCUT2D eigenvalue weighted by Gasteiger charge is 2.28. The third-order valence-corrected chi connectivity index (χ3v) is 7.19. The SMILES string of the molecule is CN(C)C(=NS(C)(=O)=O)c1ccc(C(=O)N[C@H]2CCCCC2NC(=O)c2ccc3c(Cl)c[nH]c3c2)cc1. The molecule has 0 radical (unpaired) electrons. The number of nitrogens with one attached hydrogen (secondary N) is 3. The highest BCUT2D eigenvalue weighted by Crippen LogP contribution is 2.24. The minimum atomic E-state index is -3.58. The van der Waals surface area contributed by atoms with E-state index in [0.717, 1.165) is 42.8 Å². The second-order valence-electron chi connectivity index (χ2n) is 9.46. The predicted molar refractivity (Wildman–Crippen MR) is 146 cm³/mol. The van der Waals surface area contributed by atoms with Gasteiger partial charge in [-0.3, -0.25) is 9.59 Å². The molecule has 1 aliphatic rings. The number of sulfonamides is 1. The number of carbonyl (C=O) groups is 2. The lowest BCUT2D eigenvalue weighted by Gasteiger charge is -2.33. The zero-order valence-corrected chi connectivity index (χ0v) is 22.5. The Morgan fingerprint density at radius 3 is 2.05 bits per heavy atom. The quantitative estimate of drug-likeness (QED) is 0.324. The van der Waals surface area contributed by atoms with Gasteiger partial charge < -0.3 is 20.5 Å². The third-order valence-electron chi connectivity index (χ3n) is 6.37. The molecule has 2 aromatic carbocycles. The fourth-order valence-electron chi connectivity index (χ4n) is 4.53. The van der Waals surface area contributed by atoms with E-state index in [1.54, 1.807) is 61.6 Å². The molecule has 1 heterocycles. The highest BCUT2D eigenvalue weighted by molar-refractivity contribution is 7.89. The maximum absolute atomic E-state index is 13.0. The van der Waals surface area contributed by atoms with E-state index in [2.05, 4.69) is 20.0 Å². The highest BCUT2D eigenvalue weighted by atomic mass is 35.5. The summed E-state index contributed by atoms with van der Waals surface area (Å²) < 4.78 is 27.1. The van der Waals surface area contributed by atoms with E-state index < -0.39 is 10.0 Å². The first kappa shape index (κ1) is 26.7. The minimum absolute atomic E-state index is 0.199. The number of amidine groups is 1. The second-order valence-corrected chi connectivity index (χ2v) is 11.5. The zero-order chi connectivity index (χ0) is 26.7.